The lowest BCUT2D eigenvalue weighted by atomic mass is 9.77. The van der Waals surface area contributed by atoms with Crippen LogP contribution in [-0.2, 0) is 20.7 Å². The lowest BCUT2D eigenvalue weighted by Gasteiger charge is -2.20. The number of carbonyl (C=O) groups excluding carboxylic acids is 2. The lowest BCUT2D eigenvalue weighted by molar-refractivity contribution is -0.150. The first-order valence-electron chi connectivity index (χ1n) is 6.27. The van der Waals surface area contributed by atoms with E-state index in [-0.39, 0.29) is 11.8 Å². The standard InChI is InChI=1S/C15H14O3S/c1-10(16)15(6-7-18-14(15)17)8-11-9-19-13-5-3-2-4-12(11)13/h2-5,9H,6-8H2,1H3. The zero-order chi connectivity index (χ0) is 13.5. The fraction of sp³-hybridized carbons (Fsp3) is 0.333. The summed E-state index contributed by atoms with van der Waals surface area (Å²) in [6.07, 6.45) is 0.941. The molecule has 1 fully saturated rings. The normalized spacial score (nSPS) is 22.7. The molecular formula is C15H14O3S. The lowest BCUT2D eigenvalue weighted by Crippen LogP contribution is -2.36. The minimum absolute atomic E-state index is 0.0923. The maximum Gasteiger partial charge on any atom is 0.320 e. The first-order valence-corrected chi connectivity index (χ1v) is 7.15. The quantitative estimate of drug-likeness (QED) is 0.638. The van der Waals surface area contributed by atoms with Crippen LogP contribution in [0.5, 0.6) is 0 Å². The van der Waals surface area contributed by atoms with Crippen LogP contribution in [-0.4, -0.2) is 18.4 Å². The number of rotatable bonds is 3. The molecule has 3 rings (SSSR count). The number of benzene rings is 1. The number of Topliss-reactive ketones (excluding diaryl/α,β-unsaturated/α-hetero) is 1. The highest BCUT2D eigenvalue weighted by molar-refractivity contribution is 7.17. The van der Waals surface area contributed by atoms with Crippen LogP contribution >= 0.6 is 11.3 Å². The largest absolute Gasteiger partial charge is 0.465 e. The van der Waals surface area contributed by atoms with Gasteiger partial charge >= 0.3 is 5.97 Å². The summed E-state index contributed by atoms with van der Waals surface area (Å²) in [5, 5.41) is 3.17. The number of hydrogen-bond acceptors (Lipinski definition) is 4. The minimum Gasteiger partial charge on any atom is -0.465 e. The summed E-state index contributed by atoms with van der Waals surface area (Å²) in [7, 11) is 0. The number of ether oxygens (including phenoxy) is 1. The summed E-state index contributed by atoms with van der Waals surface area (Å²) in [6.45, 7) is 1.83. The Morgan fingerprint density at radius 2 is 2.21 bits per heavy atom. The molecule has 4 heteroatoms. The molecule has 1 aromatic heterocycles. The van der Waals surface area contributed by atoms with Gasteiger partial charge < -0.3 is 4.74 Å². The Hall–Kier alpha value is -1.68. The molecule has 2 heterocycles. The van der Waals surface area contributed by atoms with E-state index >= 15 is 0 Å². The van der Waals surface area contributed by atoms with E-state index in [2.05, 4.69) is 6.07 Å². The molecule has 2 aromatic rings. The van der Waals surface area contributed by atoms with Gasteiger partial charge in [0.2, 0.25) is 0 Å². The molecule has 1 unspecified atom stereocenters. The summed E-state index contributed by atoms with van der Waals surface area (Å²) >= 11 is 1.65. The maximum absolute atomic E-state index is 12.0. The summed E-state index contributed by atoms with van der Waals surface area (Å²) in [5.74, 6) is -0.458. The van der Waals surface area contributed by atoms with Crippen molar-refractivity contribution in [1.82, 2.24) is 0 Å². The average molecular weight is 274 g/mol. The monoisotopic (exact) mass is 274 g/mol. The van der Waals surface area contributed by atoms with Crippen molar-refractivity contribution in [3.05, 3.63) is 35.2 Å². The van der Waals surface area contributed by atoms with Gasteiger partial charge in [-0.2, -0.15) is 0 Å². The summed E-state index contributed by atoms with van der Waals surface area (Å²) in [4.78, 5) is 23.9. The molecular weight excluding hydrogens is 260 g/mol. The van der Waals surface area contributed by atoms with Gasteiger partial charge in [-0.1, -0.05) is 18.2 Å². The molecule has 0 spiro atoms. The molecule has 3 nitrogen and oxygen atoms in total. The van der Waals surface area contributed by atoms with E-state index in [0.717, 1.165) is 10.9 Å². The molecule has 1 atom stereocenters. The first-order chi connectivity index (χ1) is 9.13. The molecule has 1 aromatic carbocycles. The third kappa shape index (κ3) is 1.87. The van der Waals surface area contributed by atoms with Gasteiger partial charge in [0.25, 0.3) is 0 Å². The molecule has 0 N–H and O–H groups in total. The summed E-state index contributed by atoms with van der Waals surface area (Å²) in [5.41, 5.74) is 0.0961. The Morgan fingerprint density at radius 3 is 2.89 bits per heavy atom. The van der Waals surface area contributed by atoms with E-state index in [1.807, 2.05) is 23.6 Å². The van der Waals surface area contributed by atoms with Crippen LogP contribution < -0.4 is 0 Å². The van der Waals surface area contributed by atoms with Crippen molar-refractivity contribution in [3.63, 3.8) is 0 Å². The van der Waals surface area contributed by atoms with Crippen LogP contribution in [0.3, 0.4) is 0 Å². The molecule has 0 amide bonds. The Kier molecular flexibility index (Phi) is 2.90. The van der Waals surface area contributed by atoms with Gasteiger partial charge in [0.05, 0.1) is 6.61 Å². The molecule has 0 saturated carbocycles. The van der Waals surface area contributed by atoms with Crippen LogP contribution in [0.2, 0.25) is 0 Å². The number of fused-ring (bicyclic) bond motifs is 1. The first kappa shape index (κ1) is 12.4. The van der Waals surface area contributed by atoms with Crippen LogP contribution in [0.1, 0.15) is 18.9 Å². The number of cyclic esters (lactones) is 1. The Labute approximate surface area is 115 Å². The van der Waals surface area contributed by atoms with Gasteiger partial charge in [0.15, 0.2) is 0 Å². The van der Waals surface area contributed by atoms with Crippen LogP contribution in [0.15, 0.2) is 29.6 Å². The van der Waals surface area contributed by atoms with Crippen LogP contribution in [0, 0.1) is 5.41 Å². The van der Waals surface area contributed by atoms with E-state index in [0.29, 0.717) is 19.4 Å². The van der Waals surface area contributed by atoms with E-state index in [4.69, 9.17) is 4.74 Å². The van der Waals surface area contributed by atoms with Crippen molar-refractivity contribution in [2.75, 3.05) is 6.61 Å². The number of ketones is 1. The van der Waals surface area contributed by atoms with Crippen molar-refractivity contribution in [3.8, 4) is 0 Å². The molecule has 1 aliphatic rings. The van der Waals surface area contributed by atoms with Crippen molar-refractivity contribution in [2.45, 2.75) is 19.8 Å². The van der Waals surface area contributed by atoms with Crippen molar-refractivity contribution >= 4 is 33.2 Å². The zero-order valence-corrected chi connectivity index (χ0v) is 11.5. The van der Waals surface area contributed by atoms with Crippen molar-refractivity contribution in [1.29, 1.82) is 0 Å². The number of esters is 1. The zero-order valence-electron chi connectivity index (χ0n) is 10.6. The maximum atomic E-state index is 12.0. The van der Waals surface area contributed by atoms with Gasteiger partial charge in [-0.05, 0) is 35.7 Å². The van der Waals surface area contributed by atoms with Gasteiger partial charge in [-0.15, -0.1) is 11.3 Å². The average Bonchev–Trinajstić information content (AvgIpc) is 2.96. The topological polar surface area (TPSA) is 43.4 Å². The minimum atomic E-state index is -0.968. The Morgan fingerprint density at radius 1 is 1.42 bits per heavy atom. The van der Waals surface area contributed by atoms with Crippen molar-refractivity contribution < 1.29 is 14.3 Å². The molecule has 0 bridgehead atoms. The second-order valence-electron chi connectivity index (χ2n) is 4.96. The summed E-state index contributed by atoms with van der Waals surface area (Å²) in [6, 6.07) is 8.06. The molecule has 1 saturated heterocycles. The van der Waals surface area contributed by atoms with Crippen LogP contribution in [0.4, 0.5) is 0 Å². The fourth-order valence-electron chi connectivity index (χ4n) is 2.66. The van der Waals surface area contributed by atoms with E-state index in [1.54, 1.807) is 11.3 Å². The number of carbonyl (C=O) groups is 2. The molecule has 0 aliphatic carbocycles. The predicted octanol–water partition coefficient (Wildman–Crippen LogP) is 2.97. The Bertz CT molecular complexity index is 658. The number of thiophene rings is 1. The highest BCUT2D eigenvalue weighted by Gasteiger charge is 2.49. The second kappa shape index (κ2) is 4.46. The second-order valence-corrected chi connectivity index (χ2v) is 5.87. The molecule has 0 radical (unpaired) electrons. The van der Waals surface area contributed by atoms with Gasteiger partial charge in [-0.3, -0.25) is 9.59 Å². The summed E-state index contributed by atoms with van der Waals surface area (Å²) < 4.78 is 6.22. The SMILES string of the molecule is CC(=O)C1(Cc2csc3ccccc23)CCOC1=O. The van der Waals surface area contributed by atoms with Crippen LogP contribution in [0.25, 0.3) is 10.1 Å². The van der Waals surface area contributed by atoms with E-state index < -0.39 is 5.41 Å². The van der Waals surface area contributed by atoms with E-state index in [1.165, 1.54) is 11.6 Å². The van der Waals surface area contributed by atoms with Gasteiger partial charge in [0.1, 0.15) is 11.2 Å². The molecule has 1 aliphatic heterocycles. The van der Waals surface area contributed by atoms with Gasteiger partial charge in [-0.25, -0.2) is 0 Å². The highest BCUT2D eigenvalue weighted by atomic mass is 32.1. The molecule has 98 valence electrons. The van der Waals surface area contributed by atoms with Gasteiger partial charge in [0, 0.05) is 11.1 Å². The smallest absolute Gasteiger partial charge is 0.320 e. The third-order valence-electron chi connectivity index (χ3n) is 3.88. The predicted molar refractivity (Wildman–Crippen MR) is 74.2 cm³/mol. The van der Waals surface area contributed by atoms with Crippen molar-refractivity contribution in [2.24, 2.45) is 5.41 Å². The molecule has 19 heavy (non-hydrogen) atoms. The Balaban J connectivity index is 2.03. The van der Waals surface area contributed by atoms with E-state index in [9.17, 15) is 9.59 Å². The number of hydrogen-bond donors (Lipinski definition) is 0. The fourth-order valence-corrected chi connectivity index (χ4v) is 3.62. The third-order valence-corrected chi connectivity index (χ3v) is 4.89. The highest BCUT2D eigenvalue weighted by Crippen LogP contribution is 2.38.